The van der Waals surface area contributed by atoms with Crippen molar-refractivity contribution in [1.82, 2.24) is 0 Å². The number of benzene rings is 1. The molecule has 6 nitrogen and oxygen atoms in total. The molecular formula is C11H18N2O4P+. The van der Waals surface area contributed by atoms with E-state index in [-0.39, 0.29) is 5.69 Å². The molecule has 0 radical (unpaired) electrons. The molecule has 0 spiro atoms. The van der Waals surface area contributed by atoms with Crippen LogP contribution in [-0.2, 0) is 9.09 Å². The van der Waals surface area contributed by atoms with Crippen molar-refractivity contribution in [3.63, 3.8) is 0 Å². The summed E-state index contributed by atoms with van der Waals surface area (Å²) < 4.78 is 17.8. The highest BCUT2D eigenvalue weighted by Crippen LogP contribution is 2.22. The summed E-state index contributed by atoms with van der Waals surface area (Å²) in [4.78, 5) is 9.98. The first-order valence-corrected chi connectivity index (χ1v) is 6.83. The molecule has 0 aliphatic rings. The fraction of sp³-hybridized carbons (Fsp3) is 0.455. The van der Waals surface area contributed by atoms with E-state index in [1.807, 2.05) is 21.1 Å². The van der Waals surface area contributed by atoms with Gasteiger partial charge in [0.05, 0.1) is 26.1 Å². The van der Waals surface area contributed by atoms with Crippen molar-refractivity contribution in [2.24, 2.45) is 0 Å². The van der Waals surface area contributed by atoms with Gasteiger partial charge in [-0.2, -0.15) is 0 Å². The van der Waals surface area contributed by atoms with Crippen molar-refractivity contribution in [2.75, 3.05) is 34.3 Å². The molecule has 18 heavy (non-hydrogen) atoms. The number of rotatable bonds is 6. The number of nitrogens with zero attached hydrogens (tertiary/aromatic N) is 2. The van der Waals surface area contributed by atoms with E-state index in [4.69, 9.17) is 4.52 Å². The van der Waals surface area contributed by atoms with E-state index in [1.165, 1.54) is 24.3 Å². The van der Waals surface area contributed by atoms with Crippen molar-refractivity contribution < 1.29 is 18.5 Å². The lowest BCUT2D eigenvalue weighted by atomic mass is 10.3. The summed E-state index contributed by atoms with van der Waals surface area (Å²) >= 11 is 0. The SMILES string of the molecule is C[N+](C)(C)CCO[PH](=O)c1ccc([N+](=O)[O-])cc1. The molecule has 0 fully saturated rings. The second kappa shape index (κ2) is 6.09. The summed E-state index contributed by atoms with van der Waals surface area (Å²) in [6, 6.07) is 5.62. The molecule has 7 heteroatoms. The van der Waals surface area contributed by atoms with E-state index >= 15 is 0 Å². The second-order valence-corrected chi connectivity index (χ2v) is 6.39. The maximum Gasteiger partial charge on any atom is 0.269 e. The Kier molecular flexibility index (Phi) is 5.02. The fourth-order valence-electron chi connectivity index (χ4n) is 1.21. The van der Waals surface area contributed by atoms with E-state index in [1.54, 1.807) is 0 Å². The molecule has 0 heterocycles. The van der Waals surface area contributed by atoms with Crippen molar-refractivity contribution in [2.45, 2.75) is 0 Å². The zero-order valence-electron chi connectivity index (χ0n) is 10.8. The molecule has 1 aromatic rings. The van der Waals surface area contributed by atoms with Gasteiger partial charge in [0.25, 0.3) is 5.69 Å². The van der Waals surface area contributed by atoms with Crippen LogP contribution < -0.4 is 5.30 Å². The van der Waals surface area contributed by atoms with Crippen LogP contribution >= 0.6 is 8.03 Å². The van der Waals surface area contributed by atoms with E-state index in [0.717, 1.165) is 11.0 Å². The molecule has 1 rings (SSSR count). The van der Waals surface area contributed by atoms with Crippen LogP contribution in [0.2, 0.25) is 0 Å². The van der Waals surface area contributed by atoms with Crippen molar-refractivity contribution >= 4 is 19.0 Å². The number of likely N-dealkylation sites (N-methyl/N-ethyl adjacent to an activating group) is 1. The van der Waals surface area contributed by atoms with Crippen LogP contribution in [-0.4, -0.2) is 43.7 Å². The topological polar surface area (TPSA) is 69.4 Å². The molecule has 0 amide bonds. The fourth-order valence-corrected chi connectivity index (χ4v) is 2.10. The van der Waals surface area contributed by atoms with Gasteiger partial charge in [0, 0.05) is 17.4 Å². The number of quaternary nitrogens is 1. The maximum atomic E-state index is 11.8. The summed E-state index contributed by atoms with van der Waals surface area (Å²) in [6.45, 7) is 1.15. The maximum absolute atomic E-state index is 11.8. The van der Waals surface area contributed by atoms with Crippen LogP contribution in [0.1, 0.15) is 0 Å². The minimum atomic E-state index is -2.31. The van der Waals surface area contributed by atoms with E-state index in [0.29, 0.717) is 11.9 Å². The average Bonchev–Trinajstić information content (AvgIpc) is 2.27. The van der Waals surface area contributed by atoms with Crippen LogP contribution in [0, 0.1) is 10.1 Å². The molecular weight excluding hydrogens is 255 g/mol. The van der Waals surface area contributed by atoms with Gasteiger partial charge < -0.3 is 9.01 Å². The highest BCUT2D eigenvalue weighted by atomic mass is 31.1. The van der Waals surface area contributed by atoms with Crippen LogP contribution in [0.15, 0.2) is 24.3 Å². The Hall–Kier alpha value is -1.23. The molecule has 0 saturated carbocycles. The van der Waals surface area contributed by atoms with Crippen LogP contribution in [0.4, 0.5) is 5.69 Å². The number of hydrogen-bond acceptors (Lipinski definition) is 4. The summed E-state index contributed by atoms with van der Waals surface area (Å²) in [5.74, 6) is 0. The highest BCUT2D eigenvalue weighted by molar-refractivity contribution is 7.48. The molecule has 0 aliphatic heterocycles. The van der Waals surface area contributed by atoms with E-state index in [2.05, 4.69) is 0 Å². The molecule has 1 unspecified atom stereocenters. The average molecular weight is 273 g/mol. The zero-order valence-corrected chi connectivity index (χ0v) is 11.8. The van der Waals surface area contributed by atoms with Crippen LogP contribution in [0.3, 0.4) is 0 Å². The van der Waals surface area contributed by atoms with Crippen molar-refractivity contribution in [3.05, 3.63) is 34.4 Å². The highest BCUT2D eigenvalue weighted by Gasteiger charge is 2.11. The van der Waals surface area contributed by atoms with Gasteiger partial charge >= 0.3 is 0 Å². The number of hydrogen-bond donors (Lipinski definition) is 0. The largest absolute Gasteiger partial charge is 0.329 e. The van der Waals surface area contributed by atoms with E-state index < -0.39 is 13.0 Å². The predicted octanol–water partition coefficient (Wildman–Crippen LogP) is 1.42. The Labute approximate surface area is 107 Å². The van der Waals surface area contributed by atoms with Crippen LogP contribution in [0.25, 0.3) is 0 Å². The van der Waals surface area contributed by atoms with Gasteiger partial charge in [-0.3, -0.25) is 14.7 Å². The minimum absolute atomic E-state index is 0.0140. The smallest absolute Gasteiger partial charge is 0.269 e. The van der Waals surface area contributed by atoms with Gasteiger partial charge in [0.15, 0.2) is 0 Å². The molecule has 1 aromatic carbocycles. The van der Waals surface area contributed by atoms with Crippen molar-refractivity contribution in [3.8, 4) is 0 Å². The van der Waals surface area contributed by atoms with Gasteiger partial charge in [0.1, 0.15) is 13.2 Å². The molecule has 100 valence electrons. The molecule has 1 atom stereocenters. The molecule has 0 aromatic heterocycles. The van der Waals surface area contributed by atoms with E-state index in [9.17, 15) is 14.7 Å². The lowest BCUT2D eigenvalue weighted by molar-refractivity contribution is -0.870. The lowest BCUT2D eigenvalue weighted by Gasteiger charge is -2.23. The third-order valence-corrected chi connectivity index (χ3v) is 3.58. The molecule has 0 bridgehead atoms. The monoisotopic (exact) mass is 273 g/mol. The first-order valence-electron chi connectivity index (χ1n) is 5.51. The number of non-ortho nitro benzene ring substituents is 1. The number of nitro benzene ring substituents is 1. The summed E-state index contributed by atoms with van der Waals surface area (Å²) in [5, 5.41) is 11.0. The summed E-state index contributed by atoms with van der Waals surface area (Å²) in [6.07, 6.45) is 0. The van der Waals surface area contributed by atoms with Gasteiger partial charge in [-0.1, -0.05) is 0 Å². The molecule has 0 aliphatic carbocycles. The first kappa shape index (κ1) is 14.8. The lowest BCUT2D eigenvalue weighted by Crippen LogP contribution is -2.37. The standard InChI is InChI=1S/C11H18N2O4P/c1-13(2,3)8-9-17-18(16)11-6-4-10(5-7-11)12(14)15/h4-7,18H,8-9H2,1-3H3/q+1. The zero-order chi connectivity index (χ0) is 13.8. The Bertz CT molecular complexity index is 439. The summed E-state index contributed by atoms with van der Waals surface area (Å²) in [7, 11) is 3.75. The summed E-state index contributed by atoms with van der Waals surface area (Å²) in [5.41, 5.74) is -0.0140. The normalized spacial score (nSPS) is 13.3. The van der Waals surface area contributed by atoms with Gasteiger partial charge in [0.2, 0.25) is 8.03 Å². The Morgan fingerprint density at radius 1 is 1.28 bits per heavy atom. The molecule has 0 saturated heterocycles. The Morgan fingerprint density at radius 2 is 1.83 bits per heavy atom. The van der Waals surface area contributed by atoms with Gasteiger partial charge in [-0.05, 0) is 12.1 Å². The van der Waals surface area contributed by atoms with Crippen LogP contribution in [0.5, 0.6) is 0 Å². The quantitative estimate of drug-likeness (QED) is 0.340. The first-order chi connectivity index (χ1) is 8.29. The van der Waals surface area contributed by atoms with Crippen molar-refractivity contribution in [1.29, 1.82) is 0 Å². The van der Waals surface area contributed by atoms with Gasteiger partial charge in [-0.15, -0.1) is 0 Å². The Balaban J connectivity index is 2.54. The minimum Gasteiger partial charge on any atom is -0.329 e. The number of nitro groups is 1. The predicted molar refractivity (Wildman–Crippen MR) is 70.6 cm³/mol. The second-order valence-electron chi connectivity index (χ2n) is 4.95. The van der Waals surface area contributed by atoms with Gasteiger partial charge in [-0.25, -0.2) is 0 Å². The molecule has 0 N–H and O–H groups in total. The third-order valence-electron chi connectivity index (χ3n) is 2.31. The Morgan fingerprint density at radius 3 is 2.28 bits per heavy atom. The third kappa shape index (κ3) is 4.96.